The zero-order valence-electron chi connectivity index (χ0n) is 11.9. The van der Waals surface area contributed by atoms with E-state index in [1.165, 1.54) is 0 Å². The number of rotatable bonds is 4. The highest BCUT2D eigenvalue weighted by Crippen LogP contribution is 2.34. The molecule has 0 radical (unpaired) electrons. The first-order valence-corrected chi connectivity index (χ1v) is 6.87. The molecule has 0 saturated heterocycles. The third-order valence-corrected chi connectivity index (χ3v) is 3.50. The quantitative estimate of drug-likeness (QED) is 0.530. The molecule has 0 aliphatic rings. The maximum absolute atomic E-state index is 13.3. The van der Waals surface area contributed by atoms with Crippen LogP contribution in [0.1, 0.15) is 29.9 Å². The lowest BCUT2D eigenvalue weighted by Crippen LogP contribution is -2.51. The number of carbonyl (C=O) groups excluding carboxylic acids is 1. The molecule has 23 heavy (non-hydrogen) atoms. The van der Waals surface area contributed by atoms with E-state index in [4.69, 9.17) is 5.73 Å². The van der Waals surface area contributed by atoms with Gasteiger partial charge in [-0.15, -0.1) is 0 Å². The molecule has 0 bridgehead atoms. The maximum Gasteiger partial charge on any atom is 0.418 e. The molecule has 0 fully saturated rings. The van der Waals surface area contributed by atoms with Crippen LogP contribution in [0.15, 0.2) is 10.7 Å². The first-order chi connectivity index (χ1) is 10.2. The van der Waals surface area contributed by atoms with E-state index in [1.807, 2.05) is 5.32 Å². The predicted molar refractivity (Wildman–Crippen MR) is 74.9 cm³/mol. The van der Waals surface area contributed by atoms with Gasteiger partial charge in [-0.2, -0.15) is 13.2 Å². The zero-order valence-corrected chi connectivity index (χ0v) is 13.5. The van der Waals surface area contributed by atoms with E-state index in [-0.39, 0.29) is 4.60 Å². The minimum Gasteiger partial charge on any atom is -0.397 e. The van der Waals surface area contributed by atoms with Crippen LogP contribution >= 0.6 is 15.9 Å². The molecule has 0 aliphatic carbocycles. The number of carbonyl (C=O) groups is 1. The molecule has 1 atom stereocenters. The Bertz CT molecular complexity index is 614. The molecule has 1 rings (SSSR count). The van der Waals surface area contributed by atoms with E-state index in [9.17, 15) is 31.9 Å². The summed E-state index contributed by atoms with van der Waals surface area (Å²) in [6.07, 6.45) is -4.96. The number of nitrogen functional groups attached to an aromatic ring is 1. The van der Waals surface area contributed by atoms with Gasteiger partial charge in [0.25, 0.3) is 11.8 Å². The summed E-state index contributed by atoms with van der Waals surface area (Å²) in [6, 6.07) is 0.800. The topological polar surface area (TPSA) is 88.2 Å². The number of nitrogens with two attached hydrogens (primary N) is 1. The van der Waals surface area contributed by atoms with Crippen LogP contribution in [0, 0.1) is 0 Å². The second-order valence-corrected chi connectivity index (χ2v) is 5.86. The molecule has 0 aromatic carbocycles. The van der Waals surface area contributed by atoms with E-state index < -0.39 is 47.1 Å². The molecule has 0 aliphatic heterocycles. The normalized spacial score (nSPS) is 15.2. The van der Waals surface area contributed by atoms with Gasteiger partial charge in [-0.05, 0) is 28.9 Å². The Morgan fingerprint density at radius 3 is 2.30 bits per heavy atom. The van der Waals surface area contributed by atoms with E-state index in [0.717, 1.165) is 6.07 Å². The van der Waals surface area contributed by atoms with E-state index in [1.54, 1.807) is 0 Å². The van der Waals surface area contributed by atoms with Crippen molar-refractivity contribution in [1.29, 1.82) is 0 Å². The molecule has 1 aromatic rings. The maximum atomic E-state index is 13.3. The highest BCUT2D eigenvalue weighted by Gasteiger charge is 2.50. The van der Waals surface area contributed by atoms with Crippen molar-refractivity contribution >= 4 is 27.5 Å². The summed E-state index contributed by atoms with van der Waals surface area (Å²) in [5, 5.41) is 11.0. The molecular weight excluding hydrogens is 393 g/mol. The van der Waals surface area contributed by atoms with Crippen LogP contribution in [-0.2, 0) is 5.92 Å². The summed E-state index contributed by atoms with van der Waals surface area (Å²) >= 11 is 2.75. The van der Waals surface area contributed by atoms with Crippen LogP contribution in [0.5, 0.6) is 0 Å². The predicted octanol–water partition coefficient (Wildman–Crippen LogP) is 2.58. The van der Waals surface area contributed by atoms with Gasteiger partial charge in [-0.3, -0.25) is 4.79 Å². The molecule has 0 spiro atoms. The highest BCUT2D eigenvalue weighted by atomic mass is 79.9. The van der Waals surface area contributed by atoms with Crippen LogP contribution in [0.2, 0.25) is 0 Å². The van der Waals surface area contributed by atoms with Gasteiger partial charge in [-0.1, -0.05) is 0 Å². The van der Waals surface area contributed by atoms with E-state index in [0.29, 0.717) is 13.8 Å². The van der Waals surface area contributed by atoms with Gasteiger partial charge in [-0.25, -0.2) is 13.8 Å². The van der Waals surface area contributed by atoms with Gasteiger partial charge in [0.2, 0.25) is 0 Å². The van der Waals surface area contributed by atoms with Gasteiger partial charge in [0.1, 0.15) is 4.60 Å². The summed E-state index contributed by atoms with van der Waals surface area (Å²) in [4.78, 5) is 15.4. The van der Waals surface area contributed by atoms with Gasteiger partial charge in [0.05, 0.1) is 17.8 Å². The minimum atomic E-state index is -4.96. The van der Waals surface area contributed by atoms with Crippen LogP contribution in [0.3, 0.4) is 0 Å². The third-order valence-electron chi connectivity index (χ3n) is 2.90. The molecule has 130 valence electrons. The number of aromatic nitrogens is 1. The number of hydrogen-bond acceptors (Lipinski definition) is 4. The highest BCUT2D eigenvalue weighted by molar-refractivity contribution is 9.10. The Hall–Kier alpha value is -1.49. The summed E-state index contributed by atoms with van der Waals surface area (Å²) < 4.78 is 63.6. The van der Waals surface area contributed by atoms with E-state index in [2.05, 4.69) is 20.9 Å². The fraction of sp³-hybridized carbons (Fsp3) is 0.500. The van der Waals surface area contributed by atoms with E-state index >= 15 is 0 Å². The summed E-state index contributed by atoms with van der Waals surface area (Å²) in [6.45, 7) is -0.0883. The monoisotopic (exact) mass is 405 g/mol. The molecule has 5 nitrogen and oxygen atoms in total. The van der Waals surface area contributed by atoms with Crippen molar-refractivity contribution in [3.05, 3.63) is 21.9 Å². The van der Waals surface area contributed by atoms with Crippen molar-refractivity contribution in [2.75, 3.05) is 12.3 Å². The Balaban J connectivity index is 3.01. The average Bonchev–Trinajstić information content (AvgIpc) is 2.35. The van der Waals surface area contributed by atoms with Crippen molar-refractivity contribution in [2.45, 2.75) is 31.5 Å². The number of nitrogens with one attached hydrogen (secondary N) is 1. The fourth-order valence-electron chi connectivity index (χ4n) is 1.43. The molecule has 1 heterocycles. The fourth-order valence-corrected chi connectivity index (χ4v) is 2.07. The summed E-state index contributed by atoms with van der Waals surface area (Å²) in [5.74, 6) is -4.42. The average molecular weight is 406 g/mol. The van der Waals surface area contributed by atoms with Gasteiger partial charge < -0.3 is 16.2 Å². The number of pyridine rings is 1. The molecule has 4 N–H and O–H groups in total. The van der Waals surface area contributed by atoms with Crippen molar-refractivity contribution in [3.63, 3.8) is 0 Å². The standard InChI is InChI=1S/C12H13BrF5N3O2/c1-10(23,12(16,17)18)4-20-9(22)7-6(19)3-5(8(13)21-7)11(2,14)15/h3,23H,4,19H2,1-2H3,(H,20,22). The van der Waals surface area contributed by atoms with Crippen molar-refractivity contribution in [1.82, 2.24) is 10.3 Å². The number of aliphatic hydroxyl groups is 1. The Morgan fingerprint density at radius 2 is 1.87 bits per heavy atom. The summed E-state index contributed by atoms with van der Waals surface area (Å²) in [7, 11) is 0. The second-order valence-electron chi connectivity index (χ2n) is 5.11. The van der Waals surface area contributed by atoms with Crippen molar-refractivity contribution < 1.29 is 31.9 Å². The smallest absolute Gasteiger partial charge is 0.397 e. The molecule has 1 aromatic heterocycles. The lowest BCUT2D eigenvalue weighted by Gasteiger charge is -2.26. The largest absolute Gasteiger partial charge is 0.418 e. The Morgan fingerprint density at radius 1 is 1.35 bits per heavy atom. The van der Waals surface area contributed by atoms with Crippen LogP contribution in [0.4, 0.5) is 27.6 Å². The van der Waals surface area contributed by atoms with Gasteiger partial charge >= 0.3 is 6.18 Å². The van der Waals surface area contributed by atoms with Gasteiger partial charge in [0, 0.05) is 6.92 Å². The molecule has 0 saturated carbocycles. The Kier molecular flexibility index (Phi) is 5.26. The number of hydrogen-bond donors (Lipinski definition) is 3. The van der Waals surface area contributed by atoms with Crippen molar-refractivity contribution in [2.24, 2.45) is 0 Å². The zero-order chi connectivity index (χ0) is 18.2. The molecule has 11 heteroatoms. The molecule has 1 amide bonds. The molecule has 1 unspecified atom stereocenters. The van der Waals surface area contributed by atoms with Crippen LogP contribution < -0.4 is 11.1 Å². The van der Waals surface area contributed by atoms with Crippen molar-refractivity contribution in [3.8, 4) is 0 Å². The number of amides is 1. The number of anilines is 1. The summed E-state index contributed by atoms with van der Waals surface area (Å²) in [5.41, 5.74) is 0.739. The Labute approximate surface area is 136 Å². The third kappa shape index (κ3) is 4.50. The molecular formula is C12H13BrF5N3O2. The number of alkyl halides is 5. The second kappa shape index (κ2) is 6.19. The van der Waals surface area contributed by atoms with Gasteiger partial charge in [0.15, 0.2) is 11.3 Å². The lowest BCUT2D eigenvalue weighted by molar-refractivity contribution is -0.249. The minimum absolute atomic E-state index is 0.369. The van der Waals surface area contributed by atoms with Crippen LogP contribution in [-0.4, -0.2) is 34.3 Å². The first-order valence-electron chi connectivity index (χ1n) is 6.08. The number of nitrogens with zero attached hydrogens (tertiary/aromatic N) is 1. The SMILES string of the molecule is CC(F)(F)c1cc(N)c(C(=O)NCC(C)(O)C(F)(F)F)nc1Br. The number of halogens is 6. The van der Waals surface area contributed by atoms with Crippen LogP contribution in [0.25, 0.3) is 0 Å². The first kappa shape index (κ1) is 19.6. The lowest BCUT2D eigenvalue weighted by atomic mass is 10.1.